The number of imidazole rings is 2. The van der Waals surface area contributed by atoms with Gasteiger partial charge in [0.15, 0.2) is 0 Å². The summed E-state index contributed by atoms with van der Waals surface area (Å²) in [6.07, 6.45) is 0. The quantitative estimate of drug-likeness (QED) is 0.180. The minimum Gasteiger partial charge on any atom is -0.494 e. The molecule has 0 fully saturated rings. The molecule has 0 amide bonds. The first-order chi connectivity index (χ1) is 24.1. The zero-order chi connectivity index (χ0) is 35.3. The Labute approximate surface area is 296 Å². The predicted octanol–water partition coefficient (Wildman–Crippen LogP) is 10.0. The lowest BCUT2D eigenvalue weighted by Crippen LogP contribution is -2.00. The van der Waals surface area contributed by atoms with Crippen molar-refractivity contribution in [2.24, 2.45) is 0 Å². The van der Waals surface area contributed by atoms with Crippen LogP contribution in [0.15, 0.2) is 78.9 Å². The maximum Gasteiger partial charge on any atom is 0.146 e. The molecule has 0 N–H and O–H groups in total. The van der Waals surface area contributed by atoms with Crippen molar-refractivity contribution in [3.8, 4) is 34.3 Å². The summed E-state index contributed by atoms with van der Waals surface area (Å²) in [5.74, 6) is 3.29. The smallest absolute Gasteiger partial charge is 0.146 e. The van der Waals surface area contributed by atoms with Gasteiger partial charge in [0.1, 0.15) is 28.7 Å². The number of halogens is 1. The molecular formula is C41H39ClN6O2. The van der Waals surface area contributed by atoms with Crippen molar-refractivity contribution in [2.75, 3.05) is 13.7 Å². The lowest BCUT2D eigenvalue weighted by molar-refractivity contribution is 0.341. The highest BCUT2D eigenvalue weighted by Crippen LogP contribution is 2.35. The zero-order valence-electron chi connectivity index (χ0n) is 29.6. The van der Waals surface area contributed by atoms with Crippen LogP contribution in [0, 0.1) is 41.5 Å². The van der Waals surface area contributed by atoms with Crippen LogP contribution in [-0.2, 0) is 0 Å². The summed E-state index contributed by atoms with van der Waals surface area (Å²) in [5.41, 5.74) is 14.2. The third-order valence-corrected chi connectivity index (χ3v) is 9.43. The van der Waals surface area contributed by atoms with Gasteiger partial charge in [0.25, 0.3) is 0 Å². The van der Waals surface area contributed by atoms with E-state index >= 15 is 0 Å². The van der Waals surface area contributed by atoms with E-state index in [0.717, 1.165) is 84.4 Å². The Hall–Kier alpha value is -5.47. The molecule has 50 heavy (non-hydrogen) atoms. The third-order valence-electron chi connectivity index (χ3n) is 9.14. The van der Waals surface area contributed by atoms with E-state index in [1.165, 1.54) is 11.1 Å². The normalized spacial score (nSPS) is 11.4. The summed E-state index contributed by atoms with van der Waals surface area (Å²) in [4.78, 5) is 19.3. The first-order valence-electron chi connectivity index (χ1n) is 16.7. The number of fused-ring (bicyclic) bond motifs is 6. The largest absolute Gasteiger partial charge is 0.494 e. The van der Waals surface area contributed by atoms with Crippen LogP contribution < -0.4 is 9.47 Å². The Balaban J connectivity index is 0.000000157. The Morgan fingerprint density at radius 2 is 1.14 bits per heavy atom. The van der Waals surface area contributed by atoms with Crippen molar-refractivity contribution in [2.45, 2.75) is 48.5 Å². The number of nitrogens with zero attached hydrogens (tertiary/aromatic N) is 6. The summed E-state index contributed by atoms with van der Waals surface area (Å²) in [5, 5.41) is 0.577. The number of aromatic nitrogens is 6. The number of aryl methyl sites for hydroxylation is 6. The van der Waals surface area contributed by atoms with Gasteiger partial charge in [-0.1, -0.05) is 66.2 Å². The van der Waals surface area contributed by atoms with Gasteiger partial charge in [0.2, 0.25) is 0 Å². The second-order valence-electron chi connectivity index (χ2n) is 12.5. The van der Waals surface area contributed by atoms with Crippen molar-refractivity contribution in [3.05, 3.63) is 118 Å². The van der Waals surface area contributed by atoms with Gasteiger partial charge in [-0.15, -0.1) is 0 Å². The van der Waals surface area contributed by atoms with E-state index in [4.69, 9.17) is 41.0 Å². The first-order valence-corrected chi connectivity index (χ1v) is 17.1. The number of ether oxygens (including phenoxy) is 2. The first kappa shape index (κ1) is 33.0. The van der Waals surface area contributed by atoms with E-state index in [-0.39, 0.29) is 0 Å². The Morgan fingerprint density at radius 3 is 1.70 bits per heavy atom. The fourth-order valence-electron chi connectivity index (χ4n) is 6.87. The highest BCUT2D eigenvalue weighted by atomic mass is 35.5. The summed E-state index contributed by atoms with van der Waals surface area (Å²) in [6.45, 7) is 14.8. The second-order valence-corrected chi connectivity index (χ2v) is 12.9. The molecule has 0 atom stereocenters. The molecule has 0 saturated heterocycles. The Bertz CT molecular complexity index is 2590. The van der Waals surface area contributed by atoms with Gasteiger partial charge in [0.05, 0.1) is 69.1 Å². The molecule has 4 aromatic heterocycles. The van der Waals surface area contributed by atoms with Crippen LogP contribution in [0.5, 0.6) is 11.5 Å². The molecule has 9 heteroatoms. The van der Waals surface area contributed by atoms with Crippen LogP contribution in [0.4, 0.5) is 0 Å². The summed E-state index contributed by atoms with van der Waals surface area (Å²) >= 11 is 6.47. The average molecular weight is 683 g/mol. The molecule has 0 unspecified atom stereocenters. The minimum atomic E-state index is 0.561. The third kappa shape index (κ3) is 5.50. The van der Waals surface area contributed by atoms with Crippen LogP contribution in [0.2, 0.25) is 5.02 Å². The van der Waals surface area contributed by atoms with E-state index in [1.807, 2.05) is 71.0 Å². The van der Waals surface area contributed by atoms with E-state index in [9.17, 15) is 0 Å². The monoisotopic (exact) mass is 682 g/mol. The van der Waals surface area contributed by atoms with Crippen molar-refractivity contribution in [1.82, 2.24) is 28.7 Å². The highest BCUT2D eigenvalue weighted by molar-refractivity contribution is 6.32. The van der Waals surface area contributed by atoms with Gasteiger partial charge in [0, 0.05) is 17.2 Å². The van der Waals surface area contributed by atoms with Gasteiger partial charge in [-0.25, -0.2) is 19.9 Å². The average Bonchev–Trinajstić information content (AvgIpc) is 3.64. The number of rotatable bonds is 5. The molecular weight excluding hydrogens is 644 g/mol. The number of methoxy groups -OCH3 is 1. The molecule has 252 valence electrons. The van der Waals surface area contributed by atoms with Crippen molar-refractivity contribution >= 4 is 44.7 Å². The molecule has 0 aliphatic carbocycles. The van der Waals surface area contributed by atoms with Gasteiger partial charge in [-0.2, -0.15) is 0 Å². The summed E-state index contributed by atoms with van der Waals surface area (Å²) in [6, 6.07) is 26.4. The van der Waals surface area contributed by atoms with E-state index in [0.29, 0.717) is 17.4 Å². The van der Waals surface area contributed by atoms with Gasteiger partial charge in [-0.05, 0) is 77.8 Å². The van der Waals surface area contributed by atoms with Gasteiger partial charge in [-0.3, -0.25) is 8.80 Å². The molecule has 8 aromatic rings. The topological polar surface area (TPSA) is 78.8 Å². The van der Waals surface area contributed by atoms with E-state index < -0.39 is 0 Å². The van der Waals surface area contributed by atoms with Gasteiger partial charge < -0.3 is 9.47 Å². The highest BCUT2D eigenvalue weighted by Gasteiger charge is 2.20. The van der Waals surface area contributed by atoms with Crippen LogP contribution in [0.1, 0.15) is 40.8 Å². The lowest BCUT2D eigenvalue weighted by Gasteiger charge is -2.12. The maximum absolute atomic E-state index is 6.47. The molecule has 0 spiro atoms. The lowest BCUT2D eigenvalue weighted by atomic mass is 10.1. The zero-order valence-corrected chi connectivity index (χ0v) is 30.3. The molecule has 4 heterocycles. The summed E-state index contributed by atoms with van der Waals surface area (Å²) < 4.78 is 15.5. The molecule has 8 nitrogen and oxygen atoms in total. The van der Waals surface area contributed by atoms with E-state index in [1.54, 1.807) is 7.11 Å². The predicted molar refractivity (Wildman–Crippen MR) is 203 cm³/mol. The van der Waals surface area contributed by atoms with Crippen LogP contribution in [0.25, 0.3) is 55.9 Å². The van der Waals surface area contributed by atoms with Crippen molar-refractivity contribution in [3.63, 3.8) is 0 Å². The number of para-hydroxylation sites is 1. The number of hydrogen-bond donors (Lipinski definition) is 0. The molecule has 0 radical (unpaired) electrons. The van der Waals surface area contributed by atoms with Crippen LogP contribution >= 0.6 is 11.6 Å². The van der Waals surface area contributed by atoms with E-state index in [2.05, 4.69) is 65.1 Å². The number of hydrogen-bond acceptors (Lipinski definition) is 6. The second kappa shape index (κ2) is 13.1. The SMILES string of the molecule is CCOc1cc2nc(C)c3c(C)nc(-c4ccccc4C)n3c2cc1Cl.COc1cccc2c1nc(C)c1c(C)nc(-c3ccccc3C)n12. The molecule has 8 rings (SSSR count). The minimum absolute atomic E-state index is 0.561. The Morgan fingerprint density at radius 1 is 0.600 bits per heavy atom. The fourth-order valence-corrected chi connectivity index (χ4v) is 7.09. The number of benzene rings is 4. The molecule has 0 aliphatic rings. The summed E-state index contributed by atoms with van der Waals surface area (Å²) in [7, 11) is 1.68. The maximum atomic E-state index is 6.47. The van der Waals surface area contributed by atoms with Crippen molar-refractivity contribution < 1.29 is 9.47 Å². The van der Waals surface area contributed by atoms with Crippen LogP contribution in [0.3, 0.4) is 0 Å². The standard InChI is InChI=1S/C21H20ClN3O.C20H19N3O/c1-5-26-19-11-17-18(10-16(19)22)25-20(13(3)23-17)14(4)24-21(25)15-9-7-6-8-12(15)2;1-12-8-5-6-9-15(12)20-22-14(3)19-13(2)21-18-16(23(19)20)10-7-11-17(18)24-4/h6-11H,5H2,1-4H3;5-11H,1-4H3. The molecule has 0 aliphatic heterocycles. The van der Waals surface area contributed by atoms with Crippen LogP contribution in [-0.4, -0.2) is 42.5 Å². The van der Waals surface area contributed by atoms with Crippen molar-refractivity contribution in [1.29, 1.82) is 0 Å². The fraction of sp³-hybridized carbons (Fsp3) is 0.220. The molecule has 4 aromatic carbocycles. The Kier molecular flexibility index (Phi) is 8.66. The molecule has 0 bridgehead atoms. The van der Waals surface area contributed by atoms with Gasteiger partial charge >= 0.3 is 0 Å². The molecule has 0 saturated carbocycles.